The molecule has 2 aromatic rings. The summed E-state index contributed by atoms with van der Waals surface area (Å²) >= 11 is 1.26. The molecule has 9 heteroatoms. The zero-order valence-electron chi connectivity index (χ0n) is 13.1. The SMILES string of the molecule is CC1(C)C(=O)C2=Nc3ccc(OC(F)(F)F)cc3SC2c2[nH]ncc21. The van der Waals surface area contributed by atoms with Crippen LogP contribution in [0.25, 0.3) is 0 Å². The molecule has 1 aliphatic carbocycles. The number of benzene rings is 1. The number of rotatable bonds is 1. The molecule has 0 fully saturated rings. The van der Waals surface area contributed by atoms with Gasteiger partial charge in [0, 0.05) is 10.5 Å². The summed E-state index contributed by atoms with van der Waals surface area (Å²) in [5.74, 6) is -0.426. The fraction of sp³-hybridized carbons (Fsp3) is 0.312. The molecule has 0 spiro atoms. The molecular weight excluding hydrogens is 355 g/mol. The van der Waals surface area contributed by atoms with E-state index in [0.717, 1.165) is 11.3 Å². The summed E-state index contributed by atoms with van der Waals surface area (Å²) in [5, 5.41) is 6.51. The third-order valence-electron chi connectivity index (χ3n) is 4.30. The molecule has 4 rings (SSSR count). The molecule has 2 heterocycles. The minimum Gasteiger partial charge on any atom is -0.406 e. The second-order valence-electron chi connectivity index (χ2n) is 6.32. The van der Waals surface area contributed by atoms with Gasteiger partial charge >= 0.3 is 6.36 Å². The number of Topliss-reactive ketones (excluding diaryl/α,β-unsaturated/α-hetero) is 1. The molecule has 1 atom stereocenters. The van der Waals surface area contributed by atoms with Gasteiger partial charge in [0.2, 0.25) is 0 Å². The van der Waals surface area contributed by atoms with E-state index in [0.29, 0.717) is 16.3 Å². The number of aliphatic imine (C=N–C) groups is 1. The summed E-state index contributed by atoms with van der Waals surface area (Å²) in [6, 6.07) is 3.90. The molecule has 130 valence electrons. The highest BCUT2D eigenvalue weighted by Crippen LogP contribution is 2.51. The van der Waals surface area contributed by atoms with Crippen LogP contribution in [0.15, 0.2) is 34.3 Å². The van der Waals surface area contributed by atoms with Crippen molar-refractivity contribution < 1.29 is 22.7 Å². The van der Waals surface area contributed by atoms with Crippen LogP contribution in [-0.4, -0.2) is 28.1 Å². The van der Waals surface area contributed by atoms with Crippen molar-refractivity contribution in [1.29, 1.82) is 0 Å². The molecule has 0 saturated heterocycles. The summed E-state index contributed by atoms with van der Waals surface area (Å²) in [4.78, 5) is 17.8. The van der Waals surface area contributed by atoms with E-state index in [2.05, 4.69) is 19.9 Å². The molecule has 1 aromatic carbocycles. The van der Waals surface area contributed by atoms with Crippen LogP contribution in [0.5, 0.6) is 5.75 Å². The molecule has 1 aromatic heterocycles. The number of nitrogens with zero attached hydrogens (tertiary/aromatic N) is 2. The van der Waals surface area contributed by atoms with Gasteiger partial charge in [0.05, 0.1) is 28.2 Å². The number of carbonyl (C=O) groups excluding carboxylic acids is 1. The van der Waals surface area contributed by atoms with Gasteiger partial charge in [0.25, 0.3) is 0 Å². The van der Waals surface area contributed by atoms with Gasteiger partial charge in [0.15, 0.2) is 5.78 Å². The minimum atomic E-state index is -4.76. The van der Waals surface area contributed by atoms with Crippen molar-refractivity contribution >= 4 is 28.9 Å². The van der Waals surface area contributed by atoms with Crippen molar-refractivity contribution in [2.24, 2.45) is 4.99 Å². The maximum Gasteiger partial charge on any atom is 0.573 e. The number of halogens is 3. The Morgan fingerprint density at radius 2 is 2.08 bits per heavy atom. The standard InChI is InChI=1S/C16H12F3N3O2S/c1-15(2)8-6-20-22-11(8)13-12(14(15)23)21-9-4-3-7(5-10(9)25-13)24-16(17,18)19/h3-6,13H,1-2H3,(H,20,22). The lowest BCUT2D eigenvalue weighted by atomic mass is 9.73. The smallest absolute Gasteiger partial charge is 0.406 e. The molecule has 1 unspecified atom stereocenters. The van der Waals surface area contributed by atoms with Gasteiger partial charge in [-0.3, -0.25) is 9.89 Å². The van der Waals surface area contributed by atoms with Crippen LogP contribution >= 0.6 is 11.8 Å². The van der Waals surface area contributed by atoms with Crippen LogP contribution in [0.3, 0.4) is 0 Å². The first kappa shape index (κ1) is 16.2. The van der Waals surface area contributed by atoms with E-state index >= 15 is 0 Å². The Balaban J connectivity index is 1.80. The van der Waals surface area contributed by atoms with Crippen molar-refractivity contribution in [3.8, 4) is 5.75 Å². The number of nitrogens with one attached hydrogen (secondary N) is 1. The normalized spacial score (nSPS) is 21.1. The van der Waals surface area contributed by atoms with Crippen LogP contribution < -0.4 is 4.74 Å². The van der Waals surface area contributed by atoms with Crippen molar-refractivity contribution in [2.45, 2.75) is 35.8 Å². The first-order valence-corrected chi connectivity index (χ1v) is 8.28. The Morgan fingerprint density at radius 1 is 1.32 bits per heavy atom. The van der Waals surface area contributed by atoms with Gasteiger partial charge < -0.3 is 4.74 Å². The Kier molecular flexibility index (Phi) is 3.31. The van der Waals surface area contributed by atoms with Gasteiger partial charge in [-0.15, -0.1) is 24.9 Å². The summed E-state index contributed by atoms with van der Waals surface area (Å²) < 4.78 is 41.2. The Bertz CT molecular complexity index is 918. The highest BCUT2D eigenvalue weighted by molar-refractivity contribution is 8.00. The van der Waals surface area contributed by atoms with E-state index in [1.807, 2.05) is 13.8 Å². The van der Waals surface area contributed by atoms with Crippen LogP contribution in [0.2, 0.25) is 0 Å². The maximum absolute atomic E-state index is 12.8. The number of aromatic amines is 1. The van der Waals surface area contributed by atoms with E-state index < -0.39 is 17.0 Å². The predicted octanol–water partition coefficient (Wildman–Crippen LogP) is 4.09. The second-order valence-corrected chi connectivity index (χ2v) is 7.47. The van der Waals surface area contributed by atoms with Gasteiger partial charge in [-0.25, -0.2) is 4.99 Å². The molecule has 0 radical (unpaired) electrons. The number of carbonyl (C=O) groups is 1. The van der Waals surface area contributed by atoms with E-state index in [9.17, 15) is 18.0 Å². The molecule has 0 bridgehead atoms. The molecule has 2 aliphatic rings. The summed E-state index contributed by atoms with van der Waals surface area (Å²) in [5.41, 5.74) is 1.61. The lowest BCUT2D eigenvalue weighted by Gasteiger charge is -2.35. The number of aromatic nitrogens is 2. The fourth-order valence-corrected chi connectivity index (χ4v) is 4.29. The lowest BCUT2D eigenvalue weighted by molar-refractivity contribution is -0.274. The number of hydrogen-bond donors (Lipinski definition) is 1. The van der Waals surface area contributed by atoms with E-state index in [-0.39, 0.29) is 11.5 Å². The first-order valence-electron chi connectivity index (χ1n) is 7.40. The topological polar surface area (TPSA) is 67.3 Å². The van der Waals surface area contributed by atoms with Crippen LogP contribution in [-0.2, 0) is 10.2 Å². The van der Waals surface area contributed by atoms with Crippen molar-refractivity contribution in [3.05, 3.63) is 35.7 Å². The first-order chi connectivity index (χ1) is 11.7. The quantitative estimate of drug-likeness (QED) is 0.824. The molecule has 0 saturated carbocycles. The number of fused-ring (bicyclic) bond motifs is 4. The molecule has 5 nitrogen and oxygen atoms in total. The molecule has 1 aliphatic heterocycles. The van der Waals surface area contributed by atoms with Gasteiger partial charge in [-0.05, 0) is 32.0 Å². The third-order valence-corrected chi connectivity index (χ3v) is 5.58. The van der Waals surface area contributed by atoms with Gasteiger partial charge in [-0.1, -0.05) is 0 Å². The second kappa shape index (κ2) is 5.10. The van der Waals surface area contributed by atoms with Crippen molar-refractivity contribution in [1.82, 2.24) is 10.2 Å². The number of H-pyrrole nitrogens is 1. The van der Waals surface area contributed by atoms with E-state index in [4.69, 9.17) is 0 Å². The summed E-state index contributed by atoms with van der Waals surface area (Å²) in [7, 11) is 0. The van der Waals surface area contributed by atoms with Crippen molar-refractivity contribution in [3.63, 3.8) is 0 Å². The summed E-state index contributed by atoms with van der Waals surface area (Å²) in [6.45, 7) is 3.62. The van der Waals surface area contributed by atoms with Gasteiger partial charge in [-0.2, -0.15) is 5.10 Å². The summed E-state index contributed by atoms with van der Waals surface area (Å²) in [6.07, 6.45) is -3.15. The minimum absolute atomic E-state index is 0.111. The number of alkyl halides is 3. The maximum atomic E-state index is 12.8. The van der Waals surface area contributed by atoms with Gasteiger partial charge in [0.1, 0.15) is 11.5 Å². The number of hydrogen-bond acceptors (Lipinski definition) is 5. The third kappa shape index (κ3) is 2.53. The average molecular weight is 367 g/mol. The predicted molar refractivity (Wildman–Crippen MR) is 85.4 cm³/mol. The molecule has 1 N–H and O–H groups in total. The fourth-order valence-electron chi connectivity index (χ4n) is 3.05. The zero-order chi connectivity index (χ0) is 18.0. The van der Waals surface area contributed by atoms with E-state index in [1.165, 1.54) is 30.0 Å². The highest BCUT2D eigenvalue weighted by Gasteiger charge is 2.47. The number of thioether (sulfide) groups is 1. The Hall–Kier alpha value is -2.29. The molecule has 0 amide bonds. The Labute approximate surface area is 144 Å². The largest absolute Gasteiger partial charge is 0.573 e. The monoisotopic (exact) mass is 367 g/mol. The molecule has 25 heavy (non-hydrogen) atoms. The zero-order valence-corrected chi connectivity index (χ0v) is 14.0. The molecular formula is C16H12F3N3O2S. The van der Waals surface area contributed by atoms with E-state index in [1.54, 1.807) is 6.20 Å². The van der Waals surface area contributed by atoms with Crippen molar-refractivity contribution in [2.75, 3.05) is 0 Å². The number of ketones is 1. The van der Waals surface area contributed by atoms with Crippen LogP contribution in [0.1, 0.15) is 30.4 Å². The average Bonchev–Trinajstić information content (AvgIpc) is 3.01. The van der Waals surface area contributed by atoms with Crippen LogP contribution in [0, 0.1) is 0 Å². The Morgan fingerprint density at radius 3 is 2.80 bits per heavy atom. The lowest BCUT2D eigenvalue weighted by Crippen LogP contribution is -2.43. The van der Waals surface area contributed by atoms with Crippen LogP contribution in [0.4, 0.5) is 18.9 Å². The highest BCUT2D eigenvalue weighted by atomic mass is 32.2. The number of ether oxygens (including phenoxy) is 1.